The van der Waals surface area contributed by atoms with Crippen LogP contribution in [-0.2, 0) is 0 Å². The number of nitrogens with zero attached hydrogens (tertiary/aromatic N) is 4. The lowest BCUT2D eigenvalue weighted by Gasteiger charge is -2.13. The fourth-order valence-corrected chi connectivity index (χ4v) is 2.97. The summed E-state index contributed by atoms with van der Waals surface area (Å²) in [7, 11) is 0. The van der Waals surface area contributed by atoms with E-state index in [1.807, 2.05) is 6.92 Å². The second-order valence-corrected chi connectivity index (χ2v) is 5.87. The number of phenolic OH excluding ortho intramolecular Hbond substituents is 1. The standard InChI is InChI=1S/C18H15N5O2/c1-10-3-4-15(24)11(2)16(10)23-9-19-17-13(18(23)25)7-14(22-17)12-5-6-20-21-8-12/h3-9,22,24H,1-2H3. The first-order chi connectivity index (χ1) is 12.1. The number of phenols is 1. The summed E-state index contributed by atoms with van der Waals surface area (Å²) in [5.74, 6) is 0.144. The number of benzene rings is 1. The van der Waals surface area contributed by atoms with E-state index in [2.05, 4.69) is 20.2 Å². The van der Waals surface area contributed by atoms with Gasteiger partial charge in [0.15, 0.2) is 0 Å². The molecule has 124 valence electrons. The van der Waals surface area contributed by atoms with E-state index >= 15 is 0 Å². The molecule has 0 aliphatic heterocycles. The third-order valence-electron chi connectivity index (χ3n) is 4.29. The topological polar surface area (TPSA) is 96.7 Å². The van der Waals surface area contributed by atoms with Crippen LogP contribution in [-0.4, -0.2) is 29.8 Å². The fourth-order valence-electron chi connectivity index (χ4n) is 2.97. The van der Waals surface area contributed by atoms with Gasteiger partial charge in [0.2, 0.25) is 0 Å². The second-order valence-electron chi connectivity index (χ2n) is 5.87. The number of H-pyrrole nitrogens is 1. The number of hydrogen-bond donors (Lipinski definition) is 2. The Morgan fingerprint density at radius 2 is 2.00 bits per heavy atom. The molecule has 7 nitrogen and oxygen atoms in total. The molecule has 0 aliphatic carbocycles. The van der Waals surface area contributed by atoms with Crippen molar-refractivity contribution in [1.29, 1.82) is 0 Å². The van der Waals surface area contributed by atoms with Gasteiger partial charge in [0.25, 0.3) is 5.56 Å². The molecule has 0 aliphatic rings. The molecule has 3 heterocycles. The predicted molar refractivity (Wildman–Crippen MR) is 93.9 cm³/mol. The average Bonchev–Trinajstić information content (AvgIpc) is 3.06. The van der Waals surface area contributed by atoms with Crippen LogP contribution in [0.1, 0.15) is 11.1 Å². The number of hydrogen-bond acceptors (Lipinski definition) is 5. The van der Waals surface area contributed by atoms with E-state index < -0.39 is 0 Å². The van der Waals surface area contributed by atoms with Gasteiger partial charge in [-0.3, -0.25) is 9.36 Å². The third-order valence-corrected chi connectivity index (χ3v) is 4.29. The smallest absolute Gasteiger partial charge is 0.267 e. The molecule has 0 atom stereocenters. The Morgan fingerprint density at radius 1 is 1.16 bits per heavy atom. The van der Waals surface area contributed by atoms with Crippen molar-refractivity contribution < 1.29 is 5.11 Å². The lowest BCUT2D eigenvalue weighted by atomic mass is 10.1. The van der Waals surface area contributed by atoms with Crippen LogP contribution in [0.25, 0.3) is 28.0 Å². The summed E-state index contributed by atoms with van der Waals surface area (Å²) in [6.07, 6.45) is 4.68. The van der Waals surface area contributed by atoms with E-state index in [-0.39, 0.29) is 11.3 Å². The molecule has 25 heavy (non-hydrogen) atoms. The van der Waals surface area contributed by atoms with Gasteiger partial charge in [-0.15, -0.1) is 0 Å². The van der Waals surface area contributed by atoms with Crippen LogP contribution in [0.15, 0.2) is 47.8 Å². The zero-order valence-corrected chi connectivity index (χ0v) is 13.7. The van der Waals surface area contributed by atoms with Gasteiger partial charge in [-0.1, -0.05) is 6.07 Å². The van der Waals surface area contributed by atoms with E-state index in [1.54, 1.807) is 43.6 Å². The van der Waals surface area contributed by atoms with E-state index in [0.717, 1.165) is 16.8 Å². The van der Waals surface area contributed by atoms with E-state index in [0.29, 0.717) is 22.3 Å². The van der Waals surface area contributed by atoms with Gasteiger partial charge < -0.3 is 10.1 Å². The van der Waals surface area contributed by atoms with Crippen LogP contribution in [0.4, 0.5) is 0 Å². The minimum atomic E-state index is -0.202. The predicted octanol–water partition coefficient (Wildman–Crippen LogP) is 2.49. The van der Waals surface area contributed by atoms with Gasteiger partial charge >= 0.3 is 0 Å². The Balaban J connectivity index is 1.96. The molecular formula is C18H15N5O2. The zero-order valence-electron chi connectivity index (χ0n) is 13.7. The first-order valence-corrected chi connectivity index (χ1v) is 7.73. The van der Waals surface area contributed by atoms with Crippen molar-refractivity contribution in [2.24, 2.45) is 0 Å². The van der Waals surface area contributed by atoms with Gasteiger partial charge in [-0.05, 0) is 37.6 Å². The summed E-state index contributed by atoms with van der Waals surface area (Å²) in [6, 6.07) is 6.96. The quantitative estimate of drug-likeness (QED) is 0.587. The van der Waals surface area contributed by atoms with Gasteiger partial charge in [-0.2, -0.15) is 10.2 Å². The minimum Gasteiger partial charge on any atom is -0.508 e. The van der Waals surface area contributed by atoms with Crippen molar-refractivity contribution in [3.05, 3.63) is 64.5 Å². The molecule has 0 radical (unpaired) electrons. The van der Waals surface area contributed by atoms with Crippen molar-refractivity contribution in [3.63, 3.8) is 0 Å². The summed E-state index contributed by atoms with van der Waals surface area (Å²) in [4.78, 5) is 20.5. The van der Waals surface area contributed by atoms with Crippen molar-refractivity contribution in [2.75, 3.05) is 0 Å². The normalized spacial score (nSPS) is 11.1. The van der Waals surface area contributed by atoms with Gasteiger partial charge in [0, 0.05) is 16.8 Å². The highest BCUT2D eigenvalue weighted by molar-refractivity contribution is 5.82. The molecule has 2 N–H and O–H groups in total. The Kier molecular flexibility index (Phi) is 3.35. The molecule has 4 aromatic rings. The Hall–Kier alpha value is -3.48. The maximum absolute atomic E-state index is 13.0. The summed E-state index contributed by atoms with van der Waals surface area (Å²) in [5.41, 5.74) is 4.04. The van der Waals surface area contributed by atoms with Crippen LogP contribution in [0.3, 0.4) is 0 Å². The third kappa shape index (κ3) is 2.37. The summed E-state index contributed by atoms with van der Waals surface area (Å²) < 4.78 is 1.47. The molecule has 0 fully saturated rings. The van der Waals surface area contributed by atoms with Crippen molar-refractivity contribution in [3.8, 4) is 22.7 Å². The zero-order chi connectivity index (χ0) is 17.6. The Morgan fingerprint density at radius 3 is 2.76 bits per heavy atom. The monoisotopic (exact) mass is 333 g/mol. The summed E-state index contributed by atoms with van der Waals surface area (Å²) in [6.45, 7) is 3.67. The van der Waals surface area contributed by atoms with Crippen LogP contribution < -0.4 is 5.56 Å². The van der Waals surface area contributed by atoms with Crippen molar-refractivity contribution >= 4 is 11.0 Å². The largest absolute Gasteiger partial charge is 0.508 e. The maximum Gasteiger partial charge on any atom is 0.267 e. The molecule has 4 rings (SSSR count). The number of aromatic hydroxyl groups is 1. The highest BCUT2D eigenvalue weighted by Crippen LogP contribution is 2.26. The molecule has 0 saturated carbocycles. The van der Waals surface area contributed by atoms with Gasteiger partial charge in [-0.25, -0.2) is 4.98 Å². The van der Waals surface area contributed by atoms with Crippen molar-refractivity contribution in [1.82, 2.24) is 24.7 Å². The van der Waals surface area contributed by atoms with Crippen molar-refractivity contribution in [2.45, 2.75) is 13.8 Å². The molecule has 3 aromatic heterocycles. The van der Waals surface area contributed by atoms with Gasteiger partial charge in [0.1, 0.15) is 17.7 Å². The summed E-state index contributed by atoms with van der Waals surface area (Å²) in [5, 5.41) is 18.1. The van der Waals surface area contributed by atoms with Crippen LogP contribution >= 0.6 is 0 Å². The second kappa shape index (κ2) is 5.55. The first kappa shape index (κ1) is 15.1. The maximum atomic E-state index is 13.0. The number of aromatic nitrogens is 5. The number of fused-ring (bicyclic) bond motifs is 1. The SMILES string of the molecule is Cc1ccc(O)c(C)c1-n1cnc2[nH]c(-c3ccnnc3)cc2c1=O. The first-order valence-electron chi connectivity index (χ1n) is 7.73. The highest BCUT2D eigenvalue weighted by Gasteiger charge is 2.14. The van der Waals surface area contributed by atoms with Gasteiger partial charge in [0.05, 0.1) is 23.5 Å². The lowest BCUT2D eigenvalue weighted by Crippen LogP contribution is -2.20. The minimum absolute atomic E-state index is 0.144. The fraction of sp³-hybridized carbons (Fsp3) is 0.111. The number of aryl methyl sites for hydroxylation is 1. The molecule has 0 bridgehead atoms. The lowest BCUT2D eigenvalue weighted by molar-refractivity contribution is 0.470. The molecule has 1 aromatic carbocycles. The molecule has 0 unspecified atom stereocenters. The average molecular weight is 333 g/mol. The molecular weight excluding hydrogens is 318 g/mol. The molecule has 0 amide bonds. The van der Waals surface area contributed by atoms with E-state index in [9.17, 15) is 9.90 Å². The molecule has 0 spiro atoms. The Labute approximate surface area is 142 Å². The van der Waals surface area contributed by atoms with Crippen LogP contribution in [0, 0.1) is 13.8 Å². The van der Waals surface area contributed by atoms with E-state index in [4.69, 9.17) is 0 Å². The molecule has 0 saturated heterocycles. The van der Waals surface area contributed by atoms with Crippen LogP contribution in [0.2, 0.25) is 0 Å². The number of aromatic amines is 1. The number of rotatable bonds is 2. The highest BCUT2D eigenvalue weighted by atomic mass is 16.3. The Bertz CT molecular complexity index is 1150. The van der Waals surface area contributed by atoms with Crippen LogP contribution in [0.5, 0.6) is 5.75 Å². The van der Waals surface area contributed by atoms with E-state index in [1.165, 1.54) is 10.9 Å². The summed E-state index contributed by atoms with van der Waals surface area (Å²) >= 11 is 0. The molecule has 7 heteroatoms. The number of nitrogens with one attached hydrogen (secondary N) is 1.